The zero-order chi connectivity index (χ0) is 20.2. The minimum absolute atomic E-state index is 0.0131. The number of nitrogens with zero attached hydrogens (tertiary/aromatic N) is 4. The van der Waals surface area contributed by atoms with Crippen LogP contribution in [-0.2, 0) is 0 Å². The monoisotopic (exact) mass is 386 g/mol. The third kappa shape index (κ3) is 2.76. The van der Waals surface area contributed by atoms with Gasteiger partial charge in [-0.15, -0.1) is 0 Å². The summed E-state index contributed by atoms with van der Waals surface area (Å²) >= 11 is 0. The molecule has 28 heavy (non-hydrogen) atoms. The van der Waals surface area contributed by atoms with Gasteiger partial charge in [0.05, 0.1) is 22.6 Å². The van der Waals surface area contributed by atoms with E-state index in [9.17, 15) is 9.59 Å². The molecule has 8 nitrogen and oxygen atoms in total. The third-order valence-corrected chi connectivity index (χ3v) is 5.93. The number of aromatic nitrogens is 2. The molecule has 1 aromatic heterocycles. The fourth-order valence-electron chi connectivity index (χ4n) is 4.31. The zero-order valence-electron chi connectivity index (χ0n) is 15.7. The highest BCUT2D eigenvalue weighted by Gasteiger charge is 2.34. The summed E-state index contributed by atoms with van der Waals surface area (Å²) in [7, 11) is 0. The molecule has 2 fully saturated rings. The van der Waals surface area contributed by atoms with Crippen molar-refractivity contribution in [3.8, 4) is 0 Å². The van der Waals surface area contributed by atoms with E-state index in [-0.39, 0.29) is 29.9 Å². The summed E-state index contributed by atoms with van der Waals surface area (Å²) in [5, 5.41) is 0.119. The number of aryl methyl sites for hydroxylation is 1. The Labute approximate surface area is 160 Å². The zero-order valence-corrected chi connectivity index (χ0v) is 15.7. The molecule has 0 radical (unpaired) electrons. The molecule has 9 heteroatoms. The van der Waals surface area contributed by atoms with Crippen LogP contribution >= 0.6 is 0 Å². The largest absolute Gasteiger partial charge is 0.369 e. The van der Waals surface area contributed by atoms with Gasteiger partial charge < -0.3 is 21.3 Å². The molecule has 2 atom stereocenters. The van der Waals surface area contributed by atoms with Crippen molar-refractivity contribution in [1.29, 1.82) is 0 Å². The molecule has 2 aromatic rings. The van der Waals surface area contributed by atoms with Crippen LogP contribution in [0.5, 0.6) is 0 Å². The molecule has 1 saturated heterocycles. The summed E-state index contributed by atoms with van der Waals surface area (Å²) in [4.78, 5) is 30.4. The Morgan fingerprint density at radius 2 is 2.07 bits per heavy atom. The molecule has 2 heterocycles. The lowest BCUT2D eigenvalue weighted by molar-refractivity contribution is 0.480. The Balaban J connectivity index is 1.87. The second kappa shape index (κ2) is 6.63. The van der Waals surface area contributed by atoms with Crippen molar-refractivity contribution in [2.75, 3.05) is 30.4 Å². The normalized spacial score (nSPS) is 20.5. The van der Waals surface area contributed by atoms with E-state index in [0.717, 1.165) is 19.3 Å². The van der Waals surface area contributed by atoms with Gasteiger partial charge in [0, 0.05) is 30.6 Å². The first-order valence-corrected chi connectivity index (χ1v) is 9.44. The van der Waals surface area contributed by atoms with E-state index >= 15 is 4.39 Å². The van der Waals surface area contributed by atoms with Crippen molar-refractivity contribution in [1.82, 2.24) is 9.24 Å². The van der Waals surface area contributed by atoms with Crippen LogP contribution in [-0.4, -0.2) is 34.9 Å². The Kier molecular flexibility index (Phi) is 4.38. The molecule has 1 aliphatic heterocycles. The summed E-state index contributed by atoms with van der Waals surface area (Å²) in [6.07, 6.45) is 2.43. The lowest BCUT2D eigenvalue weighted by Crippen LogP contribution is -2.44. The number of benzene rings is 1. The first-order valence-electron chi connectivity index (χ1n) is 9.44. The van der Waals surface area contributed by atoms with Gasteiger partial charge in [-0.1, -0.05) is 0 Å². The number of nitrogen functional groups attached to an aromatic ring is 1. The average molecular weight is 386 g/mol. The average Bonchev–Trinajstić information content (AvgIpc) is 3.38. The van der Waals surface area contributed by atoms with Gasteiger partial charge in [0.15, 0.2) is 0 Å². The quantitative estimate of drug-likeness (QED) is 0.596. The molecule has 0 spiro atoms. The van der Waals surface area contributed by atoms with Gasteiger partial charge in [-0.2, -0.15) is 4.68 Å². The lowest BCUT2D eigenvalue weighted by Gasteiger charge is -2.24. The van der Waals surface area contributed by atoms with Crippen molar-refractivity contribution in [2.24, 2.45) is 11.7 Å². The van der Waals surface area contributed by atoms with Crippen LogP contribution < -0.4 is 27.7 Å². The molecular formula is C19H23FN6O2. The maximum atomic E-state index is 15.1. The van der Waals surface area contributed by atoms with E-state index in [1.165, 1.54) is 10.6 Å². The van der Waals surface area contributed by atoms with Crippen LogP contribution in [0.15, 0.2) is 15.7 Å². The first kappa shape index (κ1) is 18.5. The Hall–Kier alpha value is -2.86. The highest BCUT2D eigenvalue weighted by Crippen LogP contribution is 2.39. The number of halogens is 1. The minimum atomic E-state index is -0.691. The lowest BCUT2D eigenvalue weighted by atomic mass is 10.00. The second-order valence-corrected chi connectivity index (χ2v) is 7.79. The van der Waals surface area contributed by atoms with Crippen LogP contribution in [0.4, 0.5) is 10.1 Å². The summed E-state index contributed by atoms with van der Waals surface area (Å²) in [5.41, 5.74) is 6.25. The van der Waals surface area contributed by atoms with Crippen molar-refractivity contribution in [3.63, 3.8) is 0 Å². The van der Waals surface area contributed by atoms with Crippen molar-refractivity contribution in [3.05, 3.63) is 49.7 Å². The van der Waals surface area contributed by atoms with Crippen LogP contribution in [0, 0.1) is 25.2 Å². The molecule has 4 N–H and O–H groups in total. The van der Waals surface area contributed by atoms with Crippen molar-refractivity contribution < 1.29 is 4.39 Å². The van der Waals surface area contributed by atoms with Crippen LogP contribution in [0.2, 0.25) is 0 Å². The maximum absolute atomic E-state index is 15.1. The molecule has 2 aliphatic rings. The number of anilines is 1. The van der Waals surface area contributed by atoms with Gasteiger partial charge in [-0.3, -0.25) is 9.36 Å². The number of hydrogen-bond acceptors (Lipinski definition) is 5. The van der Waals surface area contributed by atoms with E-state index < -0.39 is 17.1 Å². The molecule has 1 saturated carbocycles. The molecule has 1 aliphatic carbocycles. The topological polar surface area (TPSA) is 104 Å². The number of nitrogens with two attached hydrogens (primary N) is 2. The highest BCUT2D eigenvalue weighted by atomic mass is 19.1. The van der Waals surface area contributed by atoms with Crippen molar-refractivity contribution in [2.45, 2.75) is 38.3 Å². The van der Waals surface area contributed by atoms with E-state index in [1.54, 1.807) is 6.92 Å². The maximum Gasteiger partial charge on any atom is 0.350 e. The van der Waals surface area contributed by atoms with Crippen LogP contribution in [0.25, 0.3) is 15.7 Å². The SMILES string of the molecule is [C-]#[N+]C[C@H](N)[C@@H]1CCN(c2c(F)cc3c(=O)n(N)c(=O)n(C4CC4)c3c2C)C1. The molecule has 0 amide bonds. The first-order chi connectivity index (χ1) is 13.3. The molecule has 148 valence electrons. The smallest absolute Gasteiger partial charge is 0.350 e. The fourth-order valence-corrected chi connectivity index (χ4v) is 4.31. The van der Waals surface area contributed by atoms with Crippen LogP contribution in [0.3, 0.4) is 0 Å². The standard InChI is InChI=1S/C19H23FN6O2/c1-10-16-13(18(27)26(22)19(28)25(16)12-3-4-12)7-14(20)17(10)24-6-5-11(9-24)15(21)8-23-2/h7,11-12,15H,3-6,8-9,21-22H2,1H3/t11-,15+/m1/s1. The number of hydrogen-bond donors (Lipinski definition) is 2. The highest BCUT2D eigenvalue weighted by molar-refractivity contribution is 5.87. The predicted octanol–water partition coefficient (Wildman–Crippen LogP) is 0.732. The van der Waals surface area contributed by atoms with Gasteiger partial charge in [0.2, 0.25) is 6.54 Å². The summed E-state index contributed by atoms with van der Waals surface area (Å²) in [6, 6.07) is 0.926. The van der Waals surface area contributed by atoms with Crippen LogP contribution in [0.1, 0.15) is 30.9 Å². The van der Waals surface area contributed by atoms with Gasteiger partial charge in [0.25, 0.3) is 5.56 Å². The molecule has 4 rings (SSSR count). The Bertz CT molecular complexity index is 1110. The van der Waals surface area contributed by atoms with Gasteiger partial charge in [-0.05, 0) is 32.3 Å². The Morgan fingerprint density at radius 1 is 1.36 bits per heavy atom. The van der Waals surface area contributed by atoms with E-state index in [0.29, 0.717) is 34.5 Å². The summed E-state index contributed by atoms with van der Waals surface area (Å²) < 4.78 is 17.2. The molecule has 0 unspecified atom stereocenters. The number of fused-ring (bicyclic) bond motifs is 1. The summed E-state index contributed by atoms with van der Waals surface area (Å²) in [5.74, 6) is 5.25. The molecule has 0 bridgehead atoms. The number of rotatable bonds is 4. The summed E-state index contributed by atoms with van der Waals surface area (Å²) in [6.45, 7) is 10.1. The third-order valence-electron chi connectivity index (χ3n) is 5.93. The Morgan fingerprint density at radius 3 is 2.71 bits per heavy atom. The molecule has 1 aromatic carbocycles. The van der Waals surface area contributed by atoms with Crippen molar-refractivity contribution >= 4 is 16.6 Å². The minimum Gasteiger partial charge on any atom is -0.369 e. The van der Waals surface area contributed by atoms with E-state index in [1.807, 2.05) is 4.90 Å². The predicted molar refractivity (Wildman–Crippen MR) is 105 cm³/mol. The second-order valence-electron chi connectivity index (χ2n) is 7.79. The van der Waals surface area contributed by atoms with Gasteiger partial charge in [-0.25, -0.2) is 15.8 Å². The molecular weight excluding hydrogens is 363 g/mol. The van der Waals surface area contributed by atoms with E-state index in [4.69, 9.17) is 18.1 Å². The van der Waals surface area contributed by atoms with E-state index in [2.05, 4.69) is 4.85 Å². The van der Waals surface area contributed by atoms with Gasteiger partial charge >= 0.3 is 5.69 Å². The van der Waals surface area contributed by atoms with Gasteiger partial charge in [0.1, 0.15) is 5.82 Å². The fraction of sp³-hybridized carbons (Fsp3) is 0.526.